The van der Waals surface area contributed by atoms with Crippen molar-refractivity contribution in [2.24, 2.45) is 0 Å². The molecule has 2 aromatic rings. The molecule has 0 N–H and O–H groups in total. The Morgan fingerprint density at radius 1 is 1.31 bits per heavy atom. The minimum atomic E-state index is -0.655. The summed E-state index contributed by atoms with van der Waals surface area (Å²) in [6.07, 6.45) is 3.14. The molecular weight excluding hydrogens is 416 g/mol. The molecule has 1 aliphatic rings. The topological polar surface area (TPSA) is 103 Å². The number of thiocarbonyl (C=S) groups is 1. The lowest BCUT2D eigenvalue weighted by Gasteiger charge is -2.14. The smallest absolute Gasteiger partial charge is 0.433 e. The Bertz CT molecular complexity index is 996. The van der Waals surface area contributed by atoms with Crippen LogP contribution in [0.25, 0.3) is 6.08 Å². The van der Waals surface area contributed by atoms with Gasteiger partial charge in [-0.3, -0.25) is 19.8 Å². The maximum Gasteiger partial charge on any atom is 0.433 e. The molecule has 10 heteroatoms. The van der Waals surface area contributed by atoms with E-state index in [1.807, 2.05) is 6.92 Å². The van der Waals surface area contributed by atoms with Gasteiger partial charge in [0.2, 0.25) is 0 Å². The van der Waals surface area contributed by atoms with Gasteiger partial charge >= 0.3 is 11.9 Å². The van der Waals surface area contributed by atoms with E-state index in [4.69, 9.17) is 21.4 Å². The predicted molar refractivity (Wildman–Crippen MR) is 113 cm³/mol. The summed E-state index contributed by atoms with van der Waals surface area (Å²) in [4.78, 5) is 36.4. The number of nitro groups is 1. The van der Waals surface area contributed by atoms with Gasteiger partial charge < -0.3 is 9.15 Å². The average Bonchev–Trinajstić information content (AvgIpc) is 3.27. The van der Waals surface area contributed by atoms with E-state index in [2.05, 4.69) is 0 Å². The summed E-state index contributed by atoms with van der Waals surface area (Å²) in [5.74, 6) is -1.03. The average molecular weight is 432 g/mol. The van der Waals surface area contributed by atoms with Crippen LogP contribution in [0.4, 0.5) is 11.6 Å². The Morgan fingerprint density at radius 2 is 2.03 bits per heavy atom. The highest BCUT2D eigenvalue weighted by molar-refractivity contribution is 8.27. The van der Waals surface area contributed by atoms with Gasteiger partial charge in [-0.2, -0.15) is 0 Å². The summed E-state index contributed by atoms with van der Waals surface area (Å²) in [5.41, 5.74) is 0.889. The maximum atomic E-state index is 12.7. The van der Waals surface area contributed by atoms with Crippen molar-refractivity contribution in [3.05, 3.63) is 62.7 Å². The number of unbranched alkanes of at least 4 members (excludes halogenated alkanes) is 1. The third-order valence-corrected chi connectivity index (χ3v) is 5.25. The fourth-order valence-corrected chi connectivity index (χ4v) is 3.76. The van der Waals surface area contributed by atoms with Gasteiger partial charge in [0, 0.05) is 6.08 Å². The minimum Gasteiger partial charge on any atom is -0.462 e. The number of hydrogen-bond acceptors (Lipinski definition) is 8. The van der Waals surface area contributed by atoms with E-state index >= 15 is 0 Å². The van der Waals surface area contributed by atoms with Crippen LogP contribution in [0.5, 0.6) is 0 Å². The zero-order valence-electron chi connectivity index (χ0n) is 15.3. The zero-order chi connectivity index (χ0) is 21.0. The van der Waals surface area contributed by atoms with Crippen molar-refractivity contribution in [1.82, 2.24) is 0 Å². The van der Waals surface area contributed by atoms with Crippen molar-refractivity contribution in [1.29, 1.82) is 0 Å². The molecule has 29 heavy (non-hydrogen) atoms. The molecule has 150 valence electrons. The van der Waals surface area contributed by atoms with E-state index in [9.17, 15) is 19.7 Å². The van der Waals surface area contributed by atoms with Gasteiger partial charge in [0.1, 0.15) is 10.7 Å². The number of ether oxygens (including phenoxy) is 1. The molecule has 1 aromatic carbocycles. The van der Waals surface area contributed by atoms with E-state index in [1.165, 1.54) is 23.1 Å². The molecule has 0 unspecified atom stereocenters. The monoisotopic (exact) mass is 432 g/mol. The Balaban J connectivity index is 1.74. The Labute approximate surface area is 175 Å². The Kier molecular flexibility index (Phi) is 6.45. The quantitative estimate of drug-likeness (QED) is 0.157. The zero-order valence-corrected chi connectivity index (χ0v) is 17.0. The van der Waals surface area contributed by atoms with Crippen molar-refractivity contribution in [2.75, 3.05) is 11.5 Å². The molecular formula is C19H16N2O6S2. The number of anilines is 1. The van der Waals surface area contributed by atoms with Crippen molar-refractivity contribution < 1.29 is 23.7 Å². The van der Waals surface area contributed by atoms with E-state index in [1.54, 1.807) is 24.3 Å². The molecule has 1 amide bonds. The Morgan fingerprint density at radius 3 is 2.66 bits per heavy atom. The SMILES string of the molecule is CCCCOC(=O)c1ccc(N2C(=O)/C(=C/c3ccc([N+](=O)[O-])o3)SC2=S)cc1. The van der Waals surface area contributed by atoms with Gasteiger partial charge in [0.05, 0.1) is 28.8 Å². The van der Waals surface area contributed by atoms with E-state index in [0.29, 0.717) is 22.2 Å². The van der Waals surface area contributed by atoms with E-state index in [-0.39, 0.29) is 16.6 Å². The molecule has 1 aliphatic heterocycles. The molecule has 2 heterocycles. The molecule has 1 fully saturated rings. The second-order valence-corrected chi connectivity index (χ2v) is 7.66. The van der Waals surface area contributed by atoms with Crippen LogP contribution in [0.2, 0.25) is 0 Å². The molecule has 0 saturated carbocycles. The number of nitrogens with zero attached hydrogens (tertiary/aromatic N) is 2. The molecule has 1 aromatic heterocycles. The molecule has 0 bridgehead atoms. The van der Waals surface area contributed by atoms with Crippen LogP contribution in [0.3, 0.4) is 0 Å². The van der Waals surface area contributed by atoms with Crippen LogP contribution in [-0.4, -0.2) is 27.7 Å². The van der Waals surface area contributed by atoms with Crippen molar-refractivity contribution >= 4 is 57.8 Å². The summed E-state index contributed by atoms with van der Waals surface area (Å²) >= 11 is 6.35. The van der Waals surface area contributed by atoms with Crippen molar-refractivity contribution in [2.45, 2.75) is 19.8 Å². The van der Waals surface area contributed by atoms with Crippen LogP contribution in [0.15, 0.2) is 45.7 Å². The van der Waals surface area contributed by atoms with Gasteiger partial charge in [0.15, 0.2) is 4.32 Å². The highest BCUT2D eigenvalue weighted by atomic mass is 32.2. The van der Waals surface area contributed by atoms with Gasteiger partial charge in [-0.1, -0.05) is 37.3 Å². The van der Waals surface area contributed by atoms with Crippen molar-refractivity contribution in [3.8, 4) is 0 Å². The van der Waals surface area contributed by atoms with Crippen LogP contribution in [0, 0.1) is 10.1 Å². The molecule has 8 nitrogen and oxygen atoms in total. The van der Waals surface area contributed by atoms with Crippen LogP contribution < -0.4 is 4.90 Å². The predicted octanol–water partition coefficient (Wildman–Crippen LogP) is 4.55. The summed E-state index contributed by atoms with van der Waals surface area (Å²) < 4.78 is 10.5. The third-order valence-electron chi connectivity index (χ3n) is 3.95. The van der Waals surface area contributed by atoms with Gasteiger partial charge in [0.25, 0.3) is 5.91 Å². The summed E-state index contributed by atoms with van der Waals surface area (Å²) in [7, 11) is 0. The van der Waals surface area contributed by atoms with Gasteiger partial charge in [-0.05, 0) is 36.8 Å². The number of esters is 1. The standard InChI is InChI=1S/C19H16N2O6S2/c1-2-3-10-26-18(23)12-4-6-13(7-5-12)20-17(22)15(29-19(20)28)11-14-8-9-16(27-14)21(24)25/h4-9,11H,2-3,10H2,1H3/b15-11-. The fraction of sp³-hybridized carbons (Fsp3) is 0.211. The number of benzene rings is 1. The van der Waals surface area contributed by atoms with Crippen molar-refractivity contribution in [3.63, 3.8) is 0 Å². The first-order chi connectivity index (χ1) is 13.9. The fourth-order valence-electron chi connectivity index (χ4n) is 2.48. The number of amides is 1. The number of carbonyl (C=O) groups is 2. The highest BCUT2D eigenvalue weighted by Crippen LogP contribution is 2.36. The normalized spacial score (nSPS) is 15.2. The summed E-state index contributed by atoms with van der Waals surface area (Å²) in [6.45, 7) is 2.37. The van der Waals surface area contributed by atoms with Crippen LogP contribution in [0.1, 0.15) is 35.9 Å². The molecule has 0 spiro atoms. The van der Waals surface area contributed by atoms with Gasteiger partial charge in [-0.25, -0.2) is 4.79 Å². The third kappa shape index (κ3) is 4.72. The first-order valence-electron chi connectivity index (χ1n) is 8.70. The summed E-state index contributed by atoms with van der Waals surface area (Å²) in [5, 5.41) is 10.7. The lowest BCUT2D eigenvalue weighted by molar-refractivity contribution is -0.402. The first-order valence-corrected chi connectivity index (χ1v) is 9.92. The van der Waals surface area contributed by atoms with E-state index in [0.717, 1.165) is 24.6 Å². The lowest BCUT2D eigenvalue weighted by Crippen LogP contribution is -2.27. The van der Waals surface area contributed by atoms with Gasteiger partial charge in [-0.15, -0.1) is 0 Å². The van der Waals surface area contributed by atoms with E-state index < -0.39 is 16.8 Å². The number of rotatable bonds is 7. The van der Waals surface area contributed by atoms with Crippen LogP contribution in [-0.2, 0) is 9.53 Å². The number of thioether (sulfide) groups is 1. The maximum absolute atomic E-state index is 12.7. The number of hydrogen-bond donors (Lipinski definition) is 0. The molecule has 0 aliphatic carbocycles. The highest BCUT2D eigenvalue weighted by Gasteiger charge is 2.33. The summed E-state index contributed by atoms with van der Waals surface area (Å²) in [6, 6.07) is 8.99. The second kappa shape index (κ2) is 9.01. The molecule has 1 saturated heterocycles. The number of furan rings is 1. The first kappa shape index (κ1) is 20.7. The largest absolute Gasteiger partial charge is 0.462 e. The molecule has 0 atom stereocenters. The molecule has 3 rings (SSSR count). The number of carbonyl (C=O) groups excluding carboxylic acids is 2. The van der Waals surface area contributed by atoms with Crippen LogP contribution >= 0.6 is 24.0 Å². The molecule has 0 radical (unpaired) electrons. The second-order valence-electron chi connectivity index (χ2n) is 5.99. The Hall–Kier alpha value is -2.98. The lowest BCUT2D eigenvalue weighted by atomic mass is 10.2. The minimum absolute atomic E-state index is 0.183.